The van der Waals surface area contributed by atoms with Gasteiger partial charge < -0.3 is 79.2 Å². The number of carbonyl (C=O) groups excluding carboxylic acids is 8. The molecule has 0 aliphatic heterocycles. The summed E-state index contributed by atoms with van der Waals surface area (Å²) in [5.74, 6) is -13.5. The summed E-state index contributed by atoms with van der Waals surface area (Å²) in [6, 6.07) is 6.74. The molecule has 0 saturated carbocycles. The molecule has 0 spiro atoms. The van der Waals surface area contributed by atoms with E-state index < -0.39 is 69.4 Å². The van der Waals surface area contributed by atoms with Crippen LogP contribution in [0.1, 0.15) is 105 Å². The van der Waals surface area contributed by atoms with Crippen LogP contribution in [0.2, 0.25) is 0 Å². The third-order valence-electron chi connectivity index (χ3n) is 8.19. The van der Waals surface area contributed by atoms with E-state index in [1.165, 1.54) is 27.7 Å². The van der Waals surface area contributed by atoms with Crippen LogP contribution in [-0.2, 0) is 90.8 Å². The molecule has 0 heterocycles. The summed E-state index contributed by atoms with van der Waals surface area (Å²) in [6.45, 7) is 5.62. The van der Waals surface area contributed by atoms with Gasteiger partial charge in [-0.1, -0.05) is 27.7 Å². The number of hydrogen-bond donors (Lipinski definition) is 0. The van der Waals surface area contributed by atoms with E-state index in [2.05, 4.69) is 0 Å². The Balaban J connectivity index is -0.000000140. The van der Waals surface area contributed by atoms with E-state index in [-0.39, 0.29) is 129 Å². The second-order valence-electron chi connectivity index (χ2n) is 10.7. The van der Waals surface area contributed by atoms with E-state index in [1.807, 2.05) is 0 Å². The molecule has 20 nitrogen and oxygen atoms in total. The summed E-state index contributed by atoms with van der Waals surface area (Å²) in [5, 5.41) is 117. The maximum absolute atomic E-state index is 10.6. The predicted molar refractivity (Wildman–Crippen MR) is 150 cm³/mol. The van der Waals surface area contributed by atoms with Gasteiger partial charge in [-0.15, -0.1) is 0 Å². The first kappa shape index (κ1) is 61.5. The molecule has 0 aromatic carbocycles. The van der Waals surface area contributed by atoms with Crippen LogP contribution < -0.4 is 40.9 Å². The first-order valence-corrected chi connectivity index (χ1v) is 15.2. The fourth-order valence-electron chi connectivity index (χ4n) is 4.09. The van der Waals surface area contributed by atoms with Gasteiger partial charge in [-0.05, 0) is 51.4 Å². The van der Waals surface area contributed by atoms with Crippen molar-refractivity contribution in [1.29, 1.82) is 21.0 Å². The van der Waals surface area contributed by atoms with Crippen LogP contribution in [0.15, 0.2) is 0 Å². The van der Waals surface area contributed by atoms with Crippen LogP contribution in [0, 0.1) is 67.0 Å². The molecule has 288 valence electrons. The molecule has 0 aliphatic carbocycles. The summed E-state index contributed by atoms with van der Waals surface area (Å²) in [4.78, 5) is 84.5. The third-order valence-corrected chi connectivity index (χ3v) is 8.19. The second kappa shape index (κ2) is 30.9. The summed E-state index contributed by atoms with van der Waals surface area (Å²) < 4.78 is 0. The number of nitrogens with zero attached hydrogens (tertiary/aromatic N) is 4. The third kappa shape index (κ3) is 18.0. The predicted octanol–water partition coefficient (Wildman–Crippen LogP) is -7.26. The van der Waals surface area contributed by atoms with Gasteiger partial charge in [0.05, 0.1) is 93.7 Å². The van der Waals surface area contributed by atoms with E-state index in [0.717, 1.165) is 0 Å². The van der Waals surface area contributed by atoms with Crippen molar-refractivity contribution in [3.63, 3.8) is 0 Å². The number of nitriles is 4. The van der Waals surface area contributed by atoms with Gasteiger partial charge in [0.2, 0.25) is 0 Å². The van der Waals surface area contributed by atoms with Crippen LogP contribution in [0.4, 0.5) is 0 Å². The maximum atomic E-state index is 10.6. The molecular formula is C32H36N4O16Zr2. The minimum atomic E-state index is -2.02. The average molecular weight is 915 g/mol. The molecule has 0 aromatic rings. The molecule has 54 heavy (non-hydrogen) atoms. The van der Waals surface area contributed by atoms with Gasteiger partial charge in [0.15, 0.2) is 0 Å². The van der Waals surface area contributed by atoms with Crippen molar-refractivity contribution in [3.8, 4) is 24.3 Å². The van der Waals surface area contributed by atoms with Gasteiger partial charge in [0, 0.05) is 25.7 Å². The molecule has 0 rings (SSSR count). The van der Waals surface area contributed by atoms with Gasteiger partial charge in [0.25, 0.3) is 0 Å². The number of rotatable bonds is 20. The SMILES string of the molecule is CCC(CCC#N)(C(=O)[O-])C(=O)[O-].CCC(CCC#N)(C(=O)[O-])C(=O)[O-].CCC(CCC#N)(C(=O)[O-])C(=O)[O-].CCC(CCC#N)(C(=O)[O-])C(=O)[O-].[Zr+4].[Zr+4]. The van der Waals surface area contributed by atoms with Crippen LogP contribution in [0.3, 0.4) is 0 Å². The minimum absolute atomic E-state index is 0. The Kier molecular flexibility index (Phi) is 35.2. The Morgan fingerprint density at radius 2 is 0.463 bits per heavy atom. The molecule has 0 fully saturated rings. The van der Waals surface area contributed by atoms with Crippen molar-refractivity contribution in [2.24, 2.45) is 21.7 Å². The van der Waals surface area contributed by atoms with Gasteiger partial charge in [0.1, 0.15) is 0 Å². The summed E-state index contributed by atoms with van der Waals surface area (Å²) in [5.41, 5.74) is -8.07. The van der Waals surface area contributed by atoms with Crippen molar-refractivity contribution < 1.29 is 132 Å². The van der Waals surface area contributed by atoms with Crippen LogP contribution in [-0.4, -0.2) is 47.8 Å². The van der Waals surface area contributed by atoms with Gasteiger partial charge in [-0.3, -0.25) is 0 Å². The Morgan fingerprint density at radius 3 is 0.519 bits per heavy atom. The van der Waals surface area contributed by atoms with E-state index in [9.17, 15) is 79.2 Å². The molecule has 0 amide bonds. The minimum Gasteiger partial charge on any atom is -0.549 e. The van der Waals surface area contributed by atoms with E-state index >= 15 is 0 Å². The van der Waals surface area contributed by atoms with Crippen LogP contribution >= 0.6 is 0 Å². The zero-order chi connectivity index (χ0) is 41.9. The van der Waals surface area contributed by atoms with Crippen LogP contribution in [0.25, 0.3) is 0 Å². The number of carbonyl (C=O) groups is 8. The Hall–Kier alpha value is -4.51. The Labute approximate surface area is 349 Å². The first-order valence-electron chi connectivity index (χ1n) is 15.2. The molecule has 0 radical (unpaired) electrons. The van der Waals surface area contributed by atoms with E-state index in [1.54, 1.807) is 24.3 Å². The first-order chi connectivity index (χ1) is 24.0. The van der Waals surface area contributed by atoms with Crippen molar-refractivity contribution in [2.75, 3.05) is 0 Å². The largest absolute Gasteiger partial charge is 4.00 e. The van der Waals surface area contributed by atoms with Crippen molar-refractivity contribution in [2.45, 2.75) is 105 Å². The molecular weight excluding hydrogens is 879 g/mol. The summed E-state index contributed by atoms with van der Waals surface area (Å²) in [6.07, 6.45) is -2.22. The molecule has 0 aliphatic rings. The number of carboxylic acids is 8. The topological polar surface area (TPSA) is 416 Å². The van der Waals surface area contributed by atoms with Crippen molar-refractivity contribution in [1.82, 2.24) is 0 Å². The van der Waals surface area contributed by atoms with E-state index in [4.69, 9.17) is 21.0 Å². The summed E-state index contributed by atoms with van der Waals surface area (Å²) >= 11 is 0. The quantitative estimate of drug-likeness (QED) is 0.102. The van der Waals surface area contributed by atoms with E-state index in [0.29, 0.717) is 0 Å². The molecule has 22 heteroatoms. The molecule has 0 unspecified atom stereocenters. The van der Waals surface area contributed by atoms with Gasteiger partial charge in [-0.2, -0.15) is 21.0 Å². The Bertz CT molecular complexity index is 1190. The standard InChI is InChI=1S/4C8H11NO4.2Zr/c4*1-2-8(6(10)11,7(12)13)4-3-5-9;;/h4*2-4H2,1H3,(H,10,11)(H,12,13);;/q;;;;2*+4/p-8. The zero-order valence-electron chi connectivity index (χ0n) is 29.8. The maximum Gasteiger partial charge on any atom is 4.00 e. The monoisotopic (exact) mass is 912 g/mol. The number of hydrogen-bond acceptors (Lipinski definition) is 20. The zero-order valence-corrected chi connectivity index (χ0v) is 34.7. The average Bonchev–Trinajstić information content (AvgIpc) is 3.06. The molecule has 0 atom stereocenters. The molecule has 0 N–H and O–H groups in total. The fourth-order valence-corrected chi connectivity index (χ4v) is 4.09. The van der Waals surface area contributed by atoms with Crippen molar-refractivity contribution >= 4 is 47.8 Å². The fraction of sp³-hybridized carbons (Fsp3) is 0.625. The molecule has 0 aromatic heterocycles. The smallest absolute Gasteiger partial charge is 0.549 e. The summed E-state index contributed by atoms with van der Waals surface area (Å²) in [7, 11) is 0. The Morgan fingerprint density at radius 1 is 0.352 bits per heavy atom. The van der Waals surface area contributed by atoms with Crippen LogP contribution in [0.5, 0.6) is 0 Å². The second-order valence-corrected chi connectivity index (χ2v) is 10.7. The number of aliphatic carboxylic acids is 8. The van der Waals surface area contributed by atoms with Crippen molar-refractivity contribution in [3.05, 3.63) is 0 Å². The van der Waals surface area contributed by atoms with Gasteiger partial charge >= 0.3 is 52.4 Å². The van der Waals surface area contributed by atoms with Gasteiger partial charge in [-0.25, -0.2) is 0 Å². The molecule has 0 bridgehead atoms. The normalized spacial score (nSPS) is 10.1. The molecule has 0 saturated heterocycles. The number of carboxylic acid groups (broad SMARTS) is 8.